The Balaban J connectivity index is 2.13. The van der Waals surface area contributed by atoms with Crippen LogP contribution < -0.4 is 11.1 Å². The average molecular weight is 262 g/mol. The van der Waals surface area contributed by atoms with Gasteiger partial charge in [0.25, 0.3) is 0 Å². The summed E-state index contributed by atoms with van der Waals surface area (Å²) in [6.07, 6.45) is 0. The molecule has 5 heteroatoms. The monoisotopic (exact) mass is 262 g/mol. The molecular formula is C14H12F2N2O. The Morgan fingerprint density at radius 3 is 2.42 bits per heavy atom. The lowest BCUT2D eigenvalue weighted by atomic mass is 10.1. The largest absolute Gasteiger partial charge is 0.322 e. The van der Waals surface area contributed by atoms with Crippen molar-refractivity contribution < 1.29 is 13.6 Å². The molecule has 3 nitrogen and oxygen atoms in total. The second-order valence-corrected chi connectivity index (χ2v) is 4.00. The lowest BCUT2D eigenvalue weighted by Gasteiger charge is -2.13. The van der Waals surface area contributed by atoms with Crippen LogP contribution in [0.2, 0.25) is 0 Å². The van der Waals surface area contributed by atoms with Gasteiger partial charge >= 0.3 is 0 Å². The van der Waals surface area contributed by atoms with E-state index in [1.807, 2.05) is 0 Å². The van der Waals surface area contributed by atoms with Crippen molar-refractivity contribution in [3.05, 3.63) is 65.7 Å². The molecule has 0 fully saturated rings. The number of anilines is 1. The molecule has 1 unspecified atom stereocenters. The van der Waals surface area contributed by atoms with Gasteiger partial charge < -0.3 is 11.1 Å². The molecule has 1 amide bonds. The summed E-state index contributed by atoms with van der Waals surface area (Å²) < 4.78 is 26.1. The van der Waals surface area contributed by atoms with E-state index in [9.17, 15) is 13.6 Å². The lowest BCUT2D eigenvalue weighted by molar-refractivity contribution is -0.117. The average Bonchev–Trinajstić information content (AvgIpc) is 2.42. The third-order valence-corrected chi connectivity index (χ3v) is 2.63. The number of carbonyl (C=O) groups is 1. The maximum Gasteiger partial charge on any atom is 0.245 e. The van der Waals surface area contributed by atoms with Gasteiger partial charge in [0.1, 0.15) is 17.7 Å². The van der Waals surface area contributed by atoms with Gasteiger partial charge in [-0.2, -0.15) is 0 Å². The number of hydrogen-bond acceptors (Lipinski definition) is 2. The first-order valence-electron chi connectivity index (χ1n) is 5.64. The van der Waals surface area contributed by atoms with Crippen LogP contribution in [0.3, 0.4) is 0 Å². The van der Waals surface area contributed by atoms with E-state index in [0.717, 1.165) is 12.1 Å². The second-order valence-electron chi connectivity index (χ2n) is 4.00. The molecule has 0 aromatic heterocycles. The van der Waals surface area contributed by atoms with Crippen LogP contribution in [0.4, 0.5) is 14.5 Å². The Labute approximate surface area is 109 Å². The van der Waals surface area contributed by atoms with Crippen LogP contribution in [0, 0.1) is 11.6 Å². The number of carbonyl (C=O) groups excluding carboxylic acids is 1. The van der Waals surface area contributed by atoms with Crippen molar-refractivity contribution in [2.45, 2.75) is 6.04 Å². The molecule has 0 aliphatic carbocycles. The third-order valence-electron chi connectivity index (χ3n) is 2.63. The smallest absolute Gasteiger partial charge is 0.245 e. The van der Waals surface area contributed by atoms with Gasteiger partial charge in [-0.3, -0.25) is 4.79 Å². The van der Waals surface area contributed by atoms with Gasteiger partial charge in [-0.05, 0) is 17.7 Å². The normalized spacial score (nSPS) is 11.9. The number of nitrogens with two attached hydrogens (primary N) is 1. The first-order valence-corrected chi connectivity index (χ1v) is 5.64. The molecule has 0 spiro atoms. The summed E-state index contributed by atoms with van der Waals surface area (Å²) in [6, 6.07) is 10.7. The maximum absolute atomic E-state index is 13.4. The van der Waals surface area contributed by atoms with Crippen molar-refractivity contribution in [1.82, 2.24) is 0 Å². The van der Waals surface area contributed by atoms with Gasteiger partial charge in [-0.15, -0.1) is 0 Å². The molecule has 2 aromatic rings. The minimum Gasteiger partial charge on any atom is -0.322 e. The van der Waals surface area contributed by atoms with Crippen molar-refractivity contribution in [2.75, 3.05) is 5.32 Å². The van der Waals surface area contributed by atoms with Crippen molar-refractivity contribution in [2.24, 2.45) is 5.73 Å². The highest BCUT2D eigenvalue weighted by molar-refractivity contribution is 5.95. The summed E-state index contributed by atoms with van der Waals surface area (Å²) in [5.74, 6) is -2.10. The second kappa shape index (κ2) is 5.58. The number of nitrogens with one attached hydrogen (secondary N) is 1. The summed E-state index contributed by atoms with van der Waals surface area (Å²) in [4.78, 5) is 11.9. The van der Waals surface area contributed by atoms with E-state index >= 15 is 0 Å². The van der Waals surface area contributed by atoms with Crippen LogP contribution in [-0.2, 0) is 4.79 Å². The summed E-state index contributed by atoms with van der Waals surface area (Å²) in [7, 11) is 0. The molecular weight excluding hydrogens is 250 g/mol. The molecule has 1 atom stereocenters. The number of benzene rings is 2. The Morgan fingerprint density at radius 1 is 1.11 bits per heavy atom. The van der Waals surface area contributed by atoms with Crippen LogP contribution in [-0.4, -0.2) is 5.91 Å². The first-order chi connectivity index (χ1) is 9.08. The molecule has 19 heavy (non-hydrogen) atoms. The minimum absolute atomic E-state index is 0.0993. The van der Waals surface area contributed by atoms with E-state index in [-0.39, 0.29) is 5.69 Å². The standard InChI is InChI=1S/C14H12F2N2O/c15-10-6-7-12(11(16)8-10)18-14(19)13(17)9-4-2-1-3-5-9/h1-8,13H,17H2,(H,18,19). The van der Waals surface area contributed by atoms with Crippen LogP contribution >= 0.6 is 0 Å². The fraction of sp³-hybridized carbons (Fsp3) is 0.0714. The summed E-state index contributed by atoms with van der Waals surface area (Å²) in [6.45, 7) is 0. The van der Waals surface area contributed by atoms with Gasteiger partial charge in [-0.1, -0.05) is 30.3 Å². The van der Waals surface area contributed by atoms with E-state index in [0.29, 0.717) is 11.6 Å². The van der Waals surface area contributed by atoms with Gasteiger partial charge in [0.05, 0.1) is 5.69 Å². The Kier molecular flexibility index (Phi) is 3.87. The van der Waals surface area contributed by atoms with E-state index in [1.54, 1.807) is 30.3 Å². The van der Waals surface area contributed by atoms with Gasteiger partial charge in [0, 0.05) is 6.07 Å². The topological polar surface area (TPSA) is 55.1 Å². The molecule has 0 saturated heterocycles. The zero-order valence-corrected chi connectivity index (χ0v) is 9.94. The van der Waals surface area contributed by atoms with Crippen LogP contribution in [0.25, 0.3) is 0 Å². The molecule has 0 heterocycles. The van der Waals surface area contributed by atoms with Crippen LogP contribution in [0.5, 0.6) is 0 Å². The van der Waals surface area contributed by atoms with Crippen LogP contribution in [0.1, 0.15) is 11.6 Å². The molecule has 0 aliphatic heterocycles. The predicted octanol–water partition coefficient (Wildman–Crippen LogP) is 2.60. The molecule has 0 saturated carbocycles. The maximum atomic E-state index is 13.4. The number of rotatable bonds is 3. The predicted molar refractivity (Wildman–Crippen MR) is 68.4 cm³/mol. The summed E-state index contributed by atoms with van der Waals surface area (Å²) in [5.41, 5.74) is 6.27. The van der Waals surface area contributed by atoms with Gasteiger partial charge in [-0.25, -0.2) is 8.78 Å². The molecule has 3 N–H and O–H groups in total. The van der Waals surface area contributed by atoms with Gasteiger partial charge in [0.2, 0.25) is 5.91 Å². The fourth-order valence-electron chi connectivity index (χ4n) is 1.61. The quantitative estimate of drug-likeness (QED) is 0.893. The number of halogens is 2. The van der Waals surface area contributed by atoms with E-state index < -0.39 is 23.6 Å². The summed E-state index contributed by atoms with van der Waals surface area (Å²) >= 11 is 0. The number of hydrogen-bond donors (Lipinski definition) is 2. The fourth-order valence-corrected chi connectivity index (χ4v) is 1.61. The highest BCUT2D eigenvalue weighted by atomic mass is 19.1. The SMILES string of the molecule is NC(C(=O)Nc1ccc(F)cc1F)c1ccccc1. The summed E-state index contributed by atoms with van der Waals surface area (Å²) in [5, 5.41) is 2.33. The van der Waals surface area contributed by atoms with E-state index in [1.165, 1.54) is 0 Å². The molecule has 0 aliphatic rings. The van der Waals surface area contributed by atoms with Gasteiger partial charge in [0.15, 0.2) is 0 Å². The zero-order valence-electron chi connectivity index (χ0n) is 9.94. The Hall–Kier alpha value is -2.27. The van der Waals surface area contributed by atoms with E-state index in [4.69, 9.17) is 5.73 Å². The lowest BCUT2D eigenvalue weighted by Crippen LogP contribution is -2.28. The molecule has 98 valence electrons. The molecule has 2 aromatic carbocycles. The highest BCUT2D eigenvalue weighted by Gasteiger charge is 2.17. The van der Waals surface area contributed by atoms with Crippen molar-refractivity contribution in [1.29, 1.82) is 0 Å². The van der Waals surface area contributed by atoms with Crippen molar-refractivity contribution in [3.63, 3.8) is 0 Å². The van der Waals surface area contributed by atoms with Crippen molar-refractivity contribution >= 4 is 11.6 Å². The first kappa shape index (κ1) is 13.2. The molecule has 0 bridgehead atoms. The highest BCUT2D eigenvalue weighted by Crippen LogP contribution is 2.17. The van der Waals surface area contributed by atoms with Crippen LogP contribution in [0.15, 0.2) is 48.5 Å². The zero-order chi connectivity index (χ0) is 13.8. The Bertz CT molecular complexity index is 587. The molecule has 2 rings (SSSR count). The minimum atomic E-state index is -0.911. The Morgan fingerprint density at radius 2 is 1.79 bits per heavy atom. The third kappa shape index (κ3) is 3.14. The molecule has 0 radical (unpaired) electrons. The van der Waals surface area contributed by atoms with E-state index in [2.05, 4.69) is 5.32 Å². The number of amides is 1. The van der Waals surface area contributed by atoms with Crippen molar-refractivity contribution in [3.8, 4) is 0 Å².